The lowest BCUT2D eigenvalue weighted by Crippen LogP contribution is -2.59. The Labute approximate surface area is 248 Å². The monoisotopic (exact) mass is 613 g/mol. The summed E-state index contributed by atoms with van der Waals surface area (Å²) in [5, 5.41) is 3.22. The lowest BCUT2D eigenvalue weighted by atomic mass is 9.44. The Balaban J connectivity index is 1.34. The van der Waals surface area contributed by atoms with E-state index in [4.69, 9.17) is 15.8 Å². The van der Waals surface area contributed by atoms with E-state index in [1.165, 1.54) is 11.3 Å². The summed E-state index contributed by atoms with van der Waals surface area (Å²) in [7, 11) is -4.62. The van der Waals surface area contributed by atoms with Crippen LogP contribution in [0.15, 0.2) is 12.1 Å². The van der Waals surface area contributed by atoms with Crippen LogP contribution in [0.1, 0.15) is 103 Å². The summed E-state index contributed by atoms with van der Waals surface area (Å²) < 4.78 is 39.8. The van der Waals surface area contributed by atoms with Gasteiger partial charge in [-0.2, -0.15) is 8.42 Å². The quantitative estimate of drug-likeness (QED) is 0.305. The highest BCUT2D eigenvalue weighted by Gasteiger charge is 2.64. The molecule has 1 aromatic rings. The molecule has 224 valence electrons. The van der Waals surface area contributed by atoms with Crippen LogP contribution in [0.25, 0.3) is 0 Å². The number of nitrogens with one attached hydrogen (secondary N) is 1. The summed E-state index contributed by atoms with van der Waals surface area (Å²) in [5.41, 5.74) is -0.0662. The van der Waals surface area contributed by atoms with Crippen LogP contribution in [0.2, 0.25) is 4.34 Å². The van der Waals surface area contributed by atoms with Gasteiger partial charge >= 0.3 is 10.4 Å². The van der Waals surface area contributed by atoms with E-state index in [0.717, 1.165) is 47.7 Å². The fourth-order valence-electron chi connectivity index (χ4n) is 9.80. The molecule has 4 saturated carbocycles. The molecule has 0 aromatic carbocycles. The van der Waals surface area contributed by atoms with E-state index in [0.29, 0.717) is 31.6 Å². The van der Waals surface area contributed by atoms with Gasteiger partial charge in [0, 0.05) is 24.1 Å². The second-order valence-electron chi connectivity index (χ2n) is 13.6. The largest absolute Gasteiger partial charge is 0.397 e. The predicted molar refractivity (Wildman–Crippen MR) is 156 cm³/mol. The third-order valence-corrected chi connectivity index (χ3v) is 13.5. The molecule has 5 rings (SSSR count). The minimum atomic E-state index is -4.62. The first kappa shape index (κ1) is 30.5. The number of fused-ring (bicyclic) bond motifs is 5. The molecule has 4 fully saturated rings. The Morgan fingerprint density at radius 3 is 2.58 bits per heavy atom. The van der Waals surface area contributed by atoms with Crippen LogP contribution in [-0.2, 0) is 24.2 Å². The number of carbonyl (C=O) groups excluding carboxylic acids is 2. The molecule has 0 saturated heterocycles. The van der Waals surface area contributed by atoms with Crippen molar-refractivity contribution in [3.8, 4) is 0 Å². The van der Waals surface area contributed by atoms with Gasteiger partial charge in [0.2, 0.25) is 5.91 Å². The molecule has 10 atom stereocenters. The number of ketones is 1. The van der Waals surface area contributed by atoms with Gasteiger partial charge in [-0.05, 0) is 103 Å². The molecule has 7 nitrogen and oxygen atoms in total. The van der Waals surface area contributed by atoms with E-state index in [9.17, 15) is 22.6 Å². The third-order valence-electron chi connectivity index (χ3n) is 11.7. The van der Waals surface area contributed by atoms with E-state index in [-0.39, 0.29) is 58.2 Å². The molecule has 0 aliphatic heterocycles. The maximum absolute atomic E-state index is 13.2. The number of rotatable bonds is 8. The molecule has 1 aromatic heterocycles. The zero-order valence-electron chi connectivity index (χ0n) is 24.0. The maximum atomic E-state index is 13.2. The van der Waals surface area contributed by atoms with Crippen molar-refractivity contribution in [3.05, 3.63) is 21.3 Å². The Bertz CT molecular complexity index is 1230. The summed E-state index contributed by atoms with van der Waals surface area (Å²) >= 11 is 7.63. The summed E-state index contributed by atoms with van der Waals surface area (Å²) in [6.07, 6.45) is 6.95. The van der Waals surface area contributed by atoms with E-state index in [1.807, 2.05) is 12.1 Å². The summed E-state index contributed by atoms with van der Waals surface area (Å²) in [6.45, 7) is 8.89. The fourth-order valence-corrected chi connectivity index (χ4v) is 11.5. The lowest BCUT2D eigenvalue weighted by Gasteiger charge is -2.62. The summed E-state index contributed by atoms with van der Waals surface area (Å²) in [5.74, 6) is 1.40. The van der Waals surface area contributed by atoms with Gasteiger partial charge in [0.05, 0.1) is 16.5 Å². The Kier molecular flexibility index (Phi) is 8.57. The molecule has 0 radical (unpaired) electrons. The fraction of sp³-hybridized carbons (Fsp3) is 0.800. The number of amides is 1. The van der Waals surface area contributed by atoms with Crippen LogP contribution in [0.3, 0.4) is 0 Å². The first-order valence-corrected chi connectivity index (χ1v) is 17.5. The van der Waals surface area contributed by atoms with Gasteiger partial charge in [0.25, 0.3) is 0 Å². The molecular weight excluding hydrogens is 570 g/mol. The lowest BCUT2D eigenvalue weighted by molar-refractivity contribution is -0.164. The van der Waals surface area contributed by atoms with Crippen molar-refractivity contribution in [2.75, 3.05) is 0 Å². The molecule has 1 amide bonds. The van der Waals surface area contributed by atoms with Gasteiger partial charge < -0.3 is 5.32 Å². The predicted octanol–water partition coefficient (Wildman–Crippen LogP) is 7.02. The van der Waals surface area contributed by atoms with Crippen molar-refractivity contribution in [2.45, 2.75) is 104 Å². The molecule has 1 heterocycles. The Morgan fingerprint density at radius 1 is 1.20 bits per heavy atom. The molecule has 5 unspecified atom stereocenters. The minimum absolute atomic E-state index is 0.00852. The number of Topliss-reactive ketones (excluding diaryl/α,β-unsaturated/α-hetero) is 1. The van der Waals surface area contributed by atoms with Crippen molar-refractivity contribution in [3.63, 3.8) is 0 Å². The normalized spacial score (nSPS) is 39.1. The average molecular weight is 614 g/mol. The van der Waals surface area contributed by atoms with Crippen LogP contribution in [-0.4, -0.2) is 30.8 Å². The number of thiophene rings is 1. The van der Waals surface area contributed by atoms with Gasteiger partial charge in [0.15, 0.2) is 0 Å². The molecule has 10 heteroatoms. The van der Waals surface area contributed by atoms with E-state index in [2.05, 4.69) is 33.0 Å². The molecular formula is C30H44ClNO6S2. The van der Waals surface area contributed by atoms with Crippen molar-refractivity contribution < 1.29 is 26.7 Å². The molecule has 0 bridgehead atoms. The maximum Gasteiger partial charge on any atom is 0.397 e. The van der Waals surface area contributed by atoms with Crippen molar-refractivity contribution in [1.82, 2.24) is 5.32 Å². The zero-order valence-corrected chi connectivity index (χ0v) is 26.4. The van der Waals surface area contributed by atoms with Gasteiger partial charge in [-0.3, -0.25) is 14.1 Å². The SMILES string of the molecule is CC[C@H](NC(=O)C[C@@H](C)C1CC[C@H]2C3[C@H](OS(=O)(=O)O)CC4CC(=O)CCC4(C)[C@H]3CCC12C)c1ccc(Cl)s1. The zero-order chi connectivity index (χ0) is 29.0. The van der Waals surface area contributed by atoms with Crippen molar-refractivity contribution in [2.24, 2.45) is 46.3 Å². The van der Waals surface area contributed by atoms with Crippen molar-refractivity contribution in [1.29, 1.82) is 0 Å². The van der Waals surface area contributed by atoms with Crippen LogP contribution in [0.5, 0.6) is 0 Å². The standard InChI is InChI=1S/C30H44ClNO6S2/c1-5-23(25-8-9-26(31)39-25)32-27(34)14-17(2)20-6-7-21-28-22(11-13-30(20,21)4)29(3)12-10-19(33)15-18(29)16-24(28)38-40(35,36)37/h8-9,17-18,20-24,28H,5-7,10-16H2,1-4H3,(H,32,34)(H,35,36,37)/t17-,18?,20?,21+,22+,23+,24-,28?,29?,30?/m1/s1. The van der Waals surface area contributed by atoms with Gasteiger partial charge in [-0.15, -0.1) is 11.3 Å². The number of hydrogen-bond donors (Lipinski definition) is 2. The molecule has 4 aliphatic carbocycles. The number of hydrogen-bond acceptors (Lipinski definition) is 6. The first-order valence-electron chi connectivity index (χ1n) is 15.0. The van der Waals surface area contributed by atoms with Crippen LogP contribution in [0, 0.1) is 46.3 Å². The molecule has 40 heavy (non-hydrogen) atoms. The third kappa shape index (κ3) is 5.67. The smallest absolute Gasteiger partial charge is 0.348 e. The second-order valence-corrected chi connectivity index (χ2v) is 16.4. The Hall–Kier alpha value is -1.000. The average Bonchev–Trinajstić information content (AvgIpc) is 3.45. The highest BCUT2D eigenvalue weighted by atomic mass is 35.5. The summed E-state index contributed by atoms with van der Waals surface area (Å²) in [4.78, 5) is 26.6. The van der Waals surface area contributed by atoms with Crippen LogP contribution in [0.4, 0.5) is 0 Å². The Morgan fingerprint density at radius 2 is 1.93 bits per heavy atom. The van der Waals surface area contributed by atoms with Gasteiger partial charge in [-0.1, -0.05) is 39.3 Å². The molecule has 0 spiro atoms. The highest BCUT2D eigenvalue weighted by molar-refractivity contribution is 7.80. The van der Waals surface area contributed by atoms with Gasteiger partial charge in [-0.25, -0.2) is 4.18 Å². The van der Waals surface area contributed by atoms with E-state index in [1.54, 1.807) is 0 Å². The first-order chi connectivity index (χ1) is 18.7. The second kappa shape index (κ2) is 11.3. The number of carbonyl (C=O) groups is 2. The van der Waals surface area contributed by atoms with Gasteiger partial charge in [0.1, 0.15) is 5.78 Å². The van der Waals surface area contributed by atoms with Crippen LogP contribution >= 0.6 is 22.9 Å². The highest BCUT2D eigenvalue weighted by Crippen LogP contribution is 2.68. The van der Waals surface area contributed by atoms with E-state index < -0.39 is 16.5 Å². The number of halogens is 1. The van der Waals surface area contributed by atoms with Crippen molar-refractivity contribution >= 4 is 45.0 Å². The van der Waals surface area contributed by atoms with E-state index >= 15 is 0 Å². The molecule has 2 N–H and O–H groups in total. The summed E-state index contributed by atoms with van der Waals surface area (Å²) in [6, 6.07) is 3.80. The minimum Gasteiger partial charge on any atom is -0.348 e. The topological polar surface area (TPSA) is 110 Å². The molecule has 4 aliphatic rings. The van der Waals surface area contributed by atoms with Crippen LogP contribution < -0.4 is 5.32 Å².